The summed E-state index contributed by atoms with van der Waals surface area (Å²) in [4.78, 5) is 11.7. The van der Waals surface area contributed by atoms with Crippen LogP contribution in [0.15, 0.2) is 18.2 Å². The molecule has 2 rings (SSSR count). The Morgan fingerprint density at radius 3 is 3.11 bits per heavy atom. The number of rotatable bonds is 6. The minimum absolute atomic E-state index is 0.132. The Morgan fingerprint density at radius 2 is 2.33 bits per heavy atom. The minimum Gasteiger partial charge on any atom is -0.382 e. The van der Waals surface area contributed by atoms with E-state index in [-0.39, 0.29) is 11.7 Å². The second-order valence-corrected chi connectivity index (χ2v) is 4.16. The van der Waals surface area contributed by atoms with Crippen molar-refractivity contribution >= 4 is 11.6 Å². The van der Waals surface area contributed by atoms with E-state index in [1.54, 1.807) is 6.07 Å². The molecule has 0 spiro atoms. The smallest absolute Gasteiger partial charge is 0.246 e. The maximum atomic E-state index is 13.2. The highest BCUT2D eigenvalue weighted by molar-refractivity contribution is 6.02. The summed E-state index contributed by atoms with van der Waals surface area (Å²) in [6, 6.07) is 3.87. The summed E-state index contributed by atoms with van der Waals surface area (Å²) in [6.07, 6.45) is 0.822. The van der Waals surface area contributed by atoms with Gasteiger partial charge < -0.3 is 15.4 Å². The normalized spacial score (nSPS) is 17.7. The van der Waals surface area contributed by atoms with Gasteiger partial charge >= 0.3 is 0 Å². The molecule has 1 aliphatic rings. The molecular weight excluding hydrogens is 235 g/mol. The molecule has 1 amide bonds. The number of benzene rings is 1. The third kappa shape index (κ3) is 2.86. The predicted molar refractivity (Wildman–Crippen MR) is 66.9 cm³/mol. The lowest BCUT2D eigenvalue weighted by atomic mass is 10.1. The summed E-state index contributed by atoms with van der Waals surface area (Å²) in [5, 5.41) is 5.84. The highest BCUT2D eigenvalue weighted by Gasteiger charge is 2.30. The van der Waals surface area contributed by atoms with E-state index in [1.165, 1.54) is 12.1 Å². The van der Waals surface area contributed by atoms with Crippen molar-refractivity contribution in [3.63, 3.8) is 0 Å². The van der Waals surface area contributed by atoms with Gasteiger partial charge in [-0.25, -0.2) is 4.39 Å². The molecule has 2 N–H and O–H groups in total. The van der Waals surface area contributed by atoms with Crippen molar-refractivity contribution in [3.05, 3.63) is 29.6 Å². The van der Waals surface area contributed by atoms with E-state index < -0.39 is 6.04 Å². The Morgan fingerprint density at radius 1 is 1.50 bits per heavy atom. The van der Waals surface area contributed by atoms with Crippen molar-refractivity contribution in [1.82, 2.24) is 5.32 Å². The molecule has 0 fully saturated rings. The molecule has 1 atom stereocenters. The number of ether oxygens (including phenoxy) is 1. The van der Waals surface area contributed by atoms with Crippen LogP contribution < -0.4 is 10.6 Å². The monoisotopic (exact) mass is 252 g/mol. The lowest BCUT2D eigenvalue weighted by Gasteiger charge is -2.11. The van der Waals surface area contributed by atoms with Crippen molar-refractivity contribution < 1.29 is 13.9 Å². The predicted octanol–water partition coefficient (Wildman–Crippen LogP) is 1.84. The highest BCUT2D eigenvalue weighted by Crippen LogP contribution is 2.30. The molecule has 1 aliphatic heterocycles. The number of fused-ring (bicyclic) bond motifs is 1. The van der Waals surface area contributed by atoms with E-state index in [1.807, 2.05) is 6.92 Å². The molecule has 0 radical (unpaired) electrons. The lowest BCUT2D eigenvalue weighted by molar-refractivity contribution is -0.117. The maximum Gasteiger partial charge on any atom is 0.246 e. The first-order valence-electron chi connectivity index (χ1n) is 6.14. The van der Waals surface area contributed by atoms with Crippen LogP contribution >= 0.6 is 0 Å². The zero-order chi connectivity index (χ0) is 13.0. The fourth-order valence-corrected chi connectivity index (χ4v) is 2.00. The molecule has 18 heavy (non-hydrogen) atoms. The fourth-order valence-electron chi connectivity index (χ4n) is 2.00. The highest BCUT2D eigenvalue weighted by atomic mass is 19.1. The third-order valence-electron chi connectivity index (χ3n) is 2.86. The number of halogens is 1. The van der Waals surface area contributed by atoms with Gasteiger partial charge in [0.25, 0.3) is 0 Å². The van der Waals surface area contributed by atoms with Crippen LogP contribution in [0.5, 0.6) is 0 Å². The van der Waals surface area contributed by atoms with Crippen molar-refractivity contribution in [3.8, 4) is 0 Å². The molecule has 0 aromatic heterocycles. The summed E-state index contributed by atoms with van der Waals surface area (Å²) in [5.41, 5.74) is 1.36. The van der Waals surface area contributed by atoms with Gasteiger partial charge in [0.1, 0.15) is 11.9 Å². The minimum atomic E-state index is -0.461. The zero-order valence-corrected chi connectivity index (χ0v) is 10.3. The van der Waals surface area contributed by atoms with E-state index in [4.69, 9.17) is 4.74 Å². The Bertz CT molecular complexity index is 437. The van der Waals surface area contributed by atoms with Gasteiger partial charge in [0.2, 0.25) is 5.91 Å². The van der Waals surface area contributed by atoms with Gasteiger partial charge in [-0.3, -0.25) is 4.79 Å². The molecule has 0 aliphatic carbocycles. The number of carbonyl (C=O) groups excluding carboxylic acids is 1. The van der Waals surface area contributed by atoms with Crippen LogP contribution in [0.25, 0.3) is 0 Å². The molecule has 4 nitrogen and oxygen atoms in total. The number of hydrogen-bond acceptors (Lipinski definition) is 3. The number of amides is 1. The van der Waals surface area contributed by atoms with E-state index in [9.17, 15) is 9.18 Å². The van der Waals surface area contributed by atoms with Crippen LogP contribution in [-0.4, -0.2) is 25.7 Å². The maximum absolute atomic E-state index is 13.2. The molecule has 1 aromatic rings. The Labute approximate surface area is 106 Å². The largest absolute Gasteiger partial charge is 0.382 e. The summed E-state index contributed by atoms with van der Waals surface area (Å²) >= 11 is 0. The van der Waals surface area contributed by atoms with Gasteiger partial charge in [0.15, 0.2) is 0 Å². The zero-order valence-electron chi connectivity index (χ0n) is 10.3. The van der Waals surface area contributed by atoms with Gasteiger partial charge in [0.05, 0.1) is 0 Å². The first-order chi connectivity index (χ1) is 8.72. The second kappa shape index (κ2) is 5.93. The van der Waals surface area contributed by atoms with E-state index in [0.717, 1.165) is 6.42 Å². The molecule has 98 valence electrons. The number of carbonyl (C=O) groups is 1. The summed E-state index contributed by atoms with van der Waals surface area (Å²) in [6.45, 7) is 3.96. The number of hydrogen-bond donors (Lipinski definition) is 2. The van der Waals surface area contributed by atoms with Gasteiger partial charge in [-0.05, 0) is 38.1 Å². The van der Waals surface area contributed by atoms with Crippen LogP contribution in [-0.2, 0) is 9.53 Å². The molecule has 0 saturated carbocycles. The topological polar surface area (TPSA) is 50.4 Å². The molecule has 1 aromatic carbocycles. The summed E-state index contributed by atoms with van der Waals surface area (Å²) in [5.74, 6) is -0.460. The van der Waals surface area contributed by atoms with Crippen LogP contribution in [0, 0.1) is 5.82 Å². The molecule has 5 heteroatoms. The van der Waals surface area contributed by atoms with Gasteiger partial charge in [-0.1, -0.05) is 0 Å². The van der Waals surface area contributed by atoms with E-state index in [2.05, 4.69) is 10.6 Å². The fraction of sp³-hybridized carbons (Fsp3) is 0.462. The van der Waals surface area contributed by atoms with Crippen molar-refractivity contribution in [2.75, 3.05) is 25.1 Å². The first kappa shape index (κ1) is 13.0. The van der Waals surface area contributed by atoms with Crippen LogP contribution in [0.2, 0.25) is 0 Å². The van der Waals surface area contributed by atoms with Crippen molar-refractivity contribution in [2.24, 2.45) is 0 Å². The Hall–Kier alpha value is -1.46. The standard InChI is InChI=1S/C13H17FN2O2/c1-2-18-7-3-6-15-12-10-8-9(14)4-5-11(10)16-13(12)17/h4-5,8,12,15H,2-3,6-7H2,1H3,(H,16,17). The van der Waals surface area contributed by atoms with Crippen LogP contribution in [0.4, 0.5) is 10.1 Å². The molecule has 0 bridgehead atoms. The van der Waals surface area contributed by atoms with Crippen molar-refractivity contribution in [1.29, 1.82) is 0 Å². The average molecular weight is 252 g/mol. The number of nitrogens with one attached hydrogen (secondary N) is 2. The average Bonchev–Trinajstić information content (AvgIpc) is 2.65. The third-order valence-corrected chi connectivity index (χ3v) is 2.86. The Kier molecular flexibility index (Phi) is 4.28. The molecule has 0 saturated heterocycles. The van der Waals surface area contributed by atoms with Gasteiger partial charge in [-0.15, -0.1) is 0 Å². The van der Waals surface area contributed by atoms with Crippen molar-refractivity contribution in [2.45, 2.75) is 19.4 Å². The molecular formula is C13H17FN2O2. The van der Waals surface area contributed by atoms with Crippen LogP contribution in [0.3, 0.4) is 0 Å². The van der Waals surface area contributed by atoms with Gasteiger partial charge in [-0.2, -0.15) is 0 Å². The number of anilines is 1. The lowest BCUT2D eigenvalue weighted by Crippen LogP contribution is -2.28. The summed E-state index contributed by atoms with van der Waals surface area (Å²) < 4.78 is 18.4. The van der Waals surface area contributed by atoms with E-state index in [0.29, 0.717) is 31.0 Å². The second-order valence-electron chi connectivity index (χ2n) is 4.16. The SMILES string of the molecule is CCOCCCNC1C(=O)Nc2ccc(F)cc21. The molecule has 1 heterocycles. The van der Waals surface area contributed by atoms with E-state index >= 15 is 0 Å². The first-order valence-corrected chi connectivity index (χ1v) is 6.14. The molecule has 1 unspecified atom stereocenters. The quantitative estimate of drug-likeness (QED) is 0.759. The van der Waals surface area contributed by atoms with Crippen LogP contribution in [0.1, 0.15) is 24.9 Å². The summed E-state index contributed by atoms with van der Waals surface area (Å²) in [7, 11) is 0. The Balaban J connectivity index is 1.93. The van der Waals surface area contributed by atoms with Gasteiger partial charge in [0, 0.05) is 24.5 Å².